The van der Waals surface area contributed by atoms with Gasteiger partial charge < -0.3 is 29.1 Å². The summed E-state index contributed by atoms with van der Waals surface area (Å²) in [5, 5.41) is 0. The molecule has 4 aromatic rings. The number of ether oxygens (including phenoxy) is 2. The summed E-state index contributed by atoms with van der Waals surface area (Å²) in [5.74, 6) is -0.171. The van der Waals surface area contributed by atoms with Crippen LogP contribution in [0.25, 0.3) is 11.1 Å². The summed E-state index contributed by atoms with van der Waals surface area (Å²) in [6.45, 7) is 14.3. The fraction of sp³-hybridized carbons (Fsp3) is 0.440. The lowest BCUT2D eigenvalue weighted by Gasteiger charge is -2.32. The first-order valence-electron chi connectivity index (χ1n) is 21.5. The summed E-state index contributed by atoms with van der Waals surface area (Å²) in [6, 6.07) is 35.2. The summed E-state index contributed by atoms with van der Waals surface area (Å²) >= 11 is 0. The Morgan fingerprint density at radius 1 is 0.533 bits per heavy atom. The van der Waals surface area contributed by atoms with Crippen LogP contribution in [0.2, 0.25) is 0 Å². The lowest BCUT2D eigenvalue weighted by molar-refractivity contribution is 0.0184. The highest BCUT2D eigenvalue weighted by Gasteiger charge is 2.36. The highest BCUT2D eigenvalue weighted by Crippen LogP contribution is 2.26. The van der Waals surface area contributed by atoms with E-state index >= 15 is 0 Å². The Labute approximate surface area is 356 Å². The van der Waals surface area contributed by atoms with Crippen LogP contribution in [-0.2, 0) is 22.3 Å². The molecule has 0 N–H and O–H groups in total. The second-order valence-corrected chi connectivity index (χ2v) is 18.1. The molecular formula is C50H62N4O6. The van der Waals surface area contributed by atoms with E-state index in [1.54, 1.807) is 9.80 Å². The molecule has 4 amide bonds. The molecule has 0 unspecified atom stereocenters. The first-order valence-corrected chi connectivity index (χ1v) is 21.5. The molecule has 0 aromatic heterocycles. The average molecular weight is 815 g/mol. The van der Waals surface area contributed by atoms with Gasteiger partial charge in [-0.3, -0.25) is 9.59 Å². The smallest absolute Gasteiger partial charge is 0.410 e. The van der Waals surface area contributed by atoms with Gasteiger partial charge >= 0.3 is 12.2 Å². The lowest BCUT2D eigenvalue weighted by atomic mass is 10.0. The molecule has 10 nitrogen and oxygen atoms in total. The van der Waals surface area contributed by atoms with E-state index in [0.717, 1.165) is 47.9 Å². The standard InChI is InChI=1S/C50H62N4O6/c1-49(2,3)59-47(57)53-31-13-19-43(53)35-51(33-29-37-15-9-7-10-16-37)45(55)41-25-21-39(22-26-41)40-23-27-42(28-24-40)46(56)52(34-30-38-17-11-8-12-18-38)36-44-20-14-32-54(44)48(58)60-50(4,5)6/h7-12,15-18,21-28,43-44H,13-14,19-20,29-36H2,1-6H3/t43-,44-/m0/s1. The van der Waals surface area contributed by atoms with Crippen LogP contribution in [0.4, 0.5) is 9.59 Å². The van der Waals surface area contributed by atoms with E-state index in [0.29, 0.717) is 63.2 Å². The van der Waals surface area contributed by atoms with Gasteiger partial charge in [0.1, 0.15) is 11.2 Å². The predicted octanol–water partition coefficient (Wildman–Crippen LogP) is 9.52. The van der Waals surface area contributed by atoms with Crippen molar-refractivity contribution in [2.24, 2.45) is 0 Å². The van der Waals surface area contributed by atoms with Crippen molar-refractivity contribution in [3.8, 4) is 11.1 Å². The van der Waals surface area contributed by atoms with E-state index in [4.69, 9.17) is 9.47 Å². The van der Waals surface area contributed by atoms with Crippen LogP contribution in [-0.4, -0.2) is 106 Å². The zero-order valence-electron chi connectivity index (χ0n) is 36.3. The summed E-state index contributed by atoms with van der Waals surface area (Å²) < 4.78 is 11.4. The molecule has 318 valence electrons. The van der Waals surface area contributed by atoms with E-state index < -0.39 is 11.2 Å². The van der Waals surface area contributed by atoms with Crippen LogP contribution >= 0.6 is 0 Å². The van der Waals surface area contributed by atoms with Crippen LogP contribution in [0.15, 0.2) is 109 Å². The molecule has 10 heteroatoms. The minimum absolute atomic E-state index is 0.0856. The summed E-state index contributed by atoms with van der Waals surface area (Å²) in [7, 11) is 0. The van der Waals surface area contributed by atoms with Gasteiger partial charge in [0.25, 0.3) is 11.8 Å². The Kier molecular flexibility index (Phi) is 14.4. The van der Waals surface area contributed by atoms with Gasteiger partial charge in [-0.15, -0.1) is 0 Å². The third-order valence-corrected chi connectivity index (χ3v) is 11.1. The molecule has 2 saturated heterocycles. The molecule has 2 atom stereocenters. The number of carbonyl (C=O) groups excluding carboxylic acids is 4. The van der Waals surface area contributed by atoms with Crippen LogP contribution in [0.5, 0.6) is 0 Å². The maximum atomic E-state index is 14.2. The number of benzene rings is 4. The molecule has 2 aliphatic heterocycles. The Hall–Kier alpha value is -5.64. The van der Waals surface area contributed by atoms with Gasteiger partial charge in [0.05, 0.1) is 12.1 Å². The first kappa shape index (κ1) is 43.9. The largest absolute Gasteiger partial charge is 0.444 e. The fourth-order valence-corrected chi connectivity index (χ4v) is 8.03. The third-order valence-electron chi connectivity index (χ3n) is 11.1. The van der Waals surface area contributed by atoms with E-state index in [9.17, 15) is 19.2 Å². The minimum Gasteiger partial charge on any atom is -0.444 e. The molecular weight excluding hydrogens is 753 g/mol. The zero-order chi connectivity index (χ0) is 42.9. The lowest BCUT2D eigenvalue weighted by Crippen LogP contribution is -2.47. The number of carbonyl (C=O) groups is 4. The highest BCUT2D eigenvalue weighted by molar-refractivity contribution is 5.96. The van der Waals surface area contributed by atoms with Crippen LogP contribution < -0.4 is 0 Å². The number of amides is 4. The number of likely N-dealkylation sites (tertiary alicyclic amines) is 2. The van der Waals surface area contributed by atoms with Crippen molar-refractivity contribution in [2.75, 3.05) is 39.3 Å². The first-order chi connectivity index (χ1) is 28.6. The molecule has 0 radical (unpaired) electrons. The molecule has 60 heavy (non-hydrogen) atoms. The highest BCUT2D eigenvalue weighted by atomic mass is 16.6. The van der Waals surface area contributed by atoms with Crippen LogP contribution in [0.1, 0.15) is 99.1 Å². The Morgan fingerprint density at radius 2 is 0.883 bits per heavy atom. The van der Waals surface area contributed by atoms with Gasteiger partial charge in [-0.25, -0.2) is 9.59 Å². The molecule has 2 aliphatic rings. The molecule has 0 aliphatic carbocycles. The second kappa shape index (κ2) is 19.6. The van der Waals surface area contributed by atoms with Gasteiger partial charge in [-0.2, -0.15) is 0 Å². The minimum atomic E-state index is -0.602. The maximum Gasteiger partial charge on any atom is 0.410 e. The van der Waals surface area contributed by atoms with Crippen molar-refractivity contribution in [1.82, 2.24) is 19.6 Å². The van der Waals surface area contributed by atoms with E-state index in [1.807, 2.05) is 136 Å². The number of hydrogen-bond donors (Lipinski definition) is 0. The Morgan fingerprint density at radius 3 is 1.22 bits per heavy atom. The Bertz CT molecular complexity index is 1890. The quantitative estimate of drug-likeness (QED) is 0.133. The topological polar surface area (TPSA) is 99.7 Å². The third kappa shape index (κ3) is 12.2. The van der Waals surface area contributed by atoms with E-state index in [2.05, 4.69) is 24.3 Å². The fourth-order valence-electron chi connectivity index (χ4n) is 8.03. The predicted molar refractivity (Wildman–Crippen MR) is 236 cm³/mol. The molecule has 4 aromatic carbocycles. The van der Waals surface area contributed by atoms with Gasteiger partial charge in [0, 0.05) is 50.4 Å². The number of hydrogen-bond acceptors (Lipinski definition) is 6. The van der Waals surface area contributed by atoms with Crippen LogP contribution in [0, 0.1) is 0 Å². The van der Waals surface area contributed by atoms with Crippen molar-refractivity contribution in [2.45, 2.75) is 103 Å². The van der Waals surface area contributed by atoms with Gasteiger partial charge in [-0.05, 0) is 127 Å². The van der Waals surface area contributed by atoms with E-state index in [-0.39, 0.29) is 36.1 Å². The summed E-state index contributed by atoms with van der Waals surface area (Å²) in [6.07, 6.45) is 4.06. The molecule has 0 spiro atoms. The average Bonchev–Trinajstić information content (AvgIpc) is 3.90. The van der Waals surface area contributed by atoms with Crippen molar-refractivity contribution < 1.29 is 28.7 Å². The van der Waals surface area contributed by atoms with E-state index in [1.165, 1.54) is 0 Å². The van der Waals surface area contributed by atoms with Gasteiger partial charge in [0.2, 0.25) is 0 Å². The van der Waals surface area contributed by atoms with Gasteiger partial charge in [0.15, 0.2) is 0 Å². The second-order valence-electron chi connectivity index (χ2n) is 18.1. The zero-order valence-corrected chi connectivity index (χ0v) is 36.3. The van der Waals surface area contributed by atoms with Crippen LogP contribution in [0.3, 0.4) is 0 Å². The molecule has 0 saturated carbocycles. The molecule has 2 fully saturated rings. The molecule has 0 bridgehead atoms. The normalized spacial score (nSPS) is 16.7. The van der Waals surface area contributed by atoms with Gasteiger partial charge in [-0.1, -0.05) is 84.9 Å². The van der Waals surface area contributed by atoms with Crippen molar-refractivity contribution in [3.63, 3.8) is 0 Å². The SMILES string of the molecule is CC(C)(C)OC(=O)N1CCC[C@H]1CN(CCc1ccccc1)C(=O)c1ccc(-c2ccc(C(=O)N(CCc3ccccc3)C[C@@H]3CCCN3C(=O)OC(C)(C)C)cc2)cc1. The monoisotopic (exact) mass is 814 g/mol. The maximum absolute atomic E-state index is 14.2. The van der Waals surface area contributed by atoms with Crippen molar-refractivity contribution >= 4 is 24.0 Å². The number of rotatable bonds is 13. The molecule has 6 rings (SSSR count). The Balaban J connectivity index is 1.15. The summed E-state index contributed by atoms with van der Waals surface area (Å²) in [4.78, 5) is 61.9. The van der Waals surface area contributed by atoms with Crippen molar-refractivity contribution in [1.29, 1.82) is 0 Å². The molecule has 2 heterocycles. The van der Waals surface area contributed by atoms with Crippen molar-refractivity contribution in [3.05, 3.63) is 131 Å². The number of nitrogens with zero attached hydrogens (tertiary/aromatic N) is 4. The summed E-state index contributed by atoms with van der Waals surface area (Å²) in [5.41, 5.74) is 4.07.